The smallest absolute Gasteiger partial charge is 0.406 e. The first-order valence-corrected chi connectivity index (χ1v) is 5.21. The van der Waals surface area contributed by atoms with Gasteiger partial charge in [0.15, 0.2) is 0 Å². The molecule has 1 aromatic heterocycles. The molecule has 3 N–H and O–H groups in total. The van der Waals surface area contributed by atoms with Gasteiger partial charge in [0.25, 0.3) is 0 Å². The SMILES string of the molecule is O=C(Nc1ccc(OC(F)(F)F)cc1)Nc1ncn[nH]1. The second-order valence-electron chi connectivity index (χ2n) is 3.49. The molecule has 0 saturated heterocycles. The molecular formula is C10H8F3N5O2. The Bertz CT molecular complexity index is 568. The van der Waals surface area contributed by atoms with E-state index in [-0.39, 0.29) is 17.4 Å². The van der Waals surface area contributed by atoms with Crippen molar-refractivity contribution < 1.29 is 22.7 Å². The minimum absolute atomic E-state index is 0.138. The van der Waals surface area contributed by atoms with Crippen molar-refractivity contribution in [1.82, 2.24) is 15.2 Å². The predicted octanol–water partition coefficient (Wildman–Crippen LogP) is 2.35. The number of rotatable bonds is 3. The first-order valence-electron chi connectivity index (χ1n) is 5.21. The van der Waals surface area contributed by atoms with Crippen molar-refractivity contribution in [2.24, 2.45) is 0 Å². The van der Waals surface area contributed by atoms with Gasteiger partial charge in [-0.1, -0.05) is 0 Å². The van der Waals surface area contributed by atoms with Crippen molar-refractivity contribution in [2.75, 3.05) is 10.6 Å². The molecule has 2 rings (SSSR count). The van der Waals surface area contributed by atoms with E-state index < -0.39 is 12.4 Å². The molecule has 2 amide bonds. The van der Waals surface area contributed by atoms with Gasteiger partial charge in [0.1, 0.15) is 12.1 Å². The van der Waals surface area contributed by atoms with Gasteiger partial charge < -0.3 is 10.1 Å². The molecule has 0 radical (unpaired) electrons. The van der Waals surface area contributed by atoms with Crippen molar-refractivity contribution in [3.8, 4) is 5.75 Å². The standard InChI is InChI=1S/C10H8F3N5O2/c11-10(12,13)20-7-3-1-6(2-4-7)16-9(19)17-8-14-5-15-18-8/h1-5H,(H3,14,15,16,17,18,19). The molecule has 0 atom stereocenters. The largest absolute Gasteiger partial charge is 0.573 e. The van der Waals surface area contributed by atoms with Crippen molar-refractivity contribution in [1.29, 1.82) is 0 Å². The number of anilines is 2. The van der Waals surface area contributed by atoms with Crippen LogP contribution in [0.25, 0.3) is 0 Å². The Kier molecular flexibility index (Phi) is 3.73. The molecule has 0 bridgehead atoms. The van der Waals surface area contributed by atoms with Gasteiger partial charge in [-0.15, -0.1) is 13.2 Å². The lowest BCUT2D eigenvalue weighted by molar-refractivity contribution is -0.274. The van der Waals surface area contributed by atoms with Crippen LogP contribution in [-0.2, 0) is 0 Å². The van der Waals surface area contributed by atoms with E-state index in [0.29, 0.717) is 0 Å². The summed E-state index contributed by atoms with van der Waals surface area (Å²) in [6, 6.07) is 4.07. The summed E-state index contributed by atoms with van der Waals surface area (Å²) in [5, 5.41) is 10.7. The number of nitrogens with zero attached hydrogens (tertiary/aromatic N) is 2. The van der Waals surface area contributed by atoms with E-state index in [1.165, 1.54) is 18.5 Å². The number of urea groups is 1. The number of H-pyrrole nitrogens is 1. The molecule has 0 fully saturated rings. The number of benzene rings is 1. The van der Waals surface area contributed by atoms with E-state index in [9.17, 15) is 18.0 Å². The highest BCUT2D eigenvalue weighted by molar-refractivity contribution is 5.98. The number of hydrogen-bond acceptors (Lipinski definition) is 4. The zero-order valence-electron chi connectivity index (χ0n) is 9.73. The van der Waals surface area contributed by atoms with Crippen LogP contribution in [0.15, 0.2) is 30.6 Å². The van der Waals surface area contributed by atoms with Crippen LogP contribution in [0.5, 0.6) is 5.75 Å². The van der Waals surface area contributed by atoms with E-state index in [2.05, 4.69) is 30.6 Å². The van der Waals surface area contributed by atoms with Crippen LogP contribution >= 0.6 is 0 Å². The fraction of sp³-hybridized carbons (Fsp3) is 0.100. The summed E-state index contributed by atoms with van der Waals surface area (Å²) >= 11 is 0. The number of carbonyl (C=O) groups excluding carboxylic acids is 1. The first-order chi connectivity index (χ1) is 9.42. The summed E-state index contributed by atoms with van der Waals surface area (Å²) in [6.45, 7) is 0. The molecule has 2 aromatic rings. The van der Waals surface area contributed by atoms with E-state index in [1.54, 1.807) is 0 Å². The topological polar surface area (TPSA) is 91.9 Å². The zero-order valence-corrected chi connectivity index (χ0v) is 9.73. The maximum absolute atomic E-state index is 11.9. The van der Waals surface area contributed by atoms with Crippen LogP contribution in [0.2, 0.25) is 0 Å². The number of ether oxygens (including phenoxy) is 1. The van der Waals surface area contributed by atoms with Crippen LogP contribution in [0.1, 0.15) is 0 Å². The summed E-state index contributed by atoms with van der Waals surface area (Å²) in [7, 11) is 0. The van der Waals surface area contributed by atoms with E-state index in [0.717, 1.165) is 12.1 Å². The summed E-state index contributed by atoms with van der Waals surface area (Å²) in [5.74, 6) is -0.238. The Morgan fingerprint density at radius 1 is 1.20 bits per heavy atom. The number of aromatic nitrogens is 3. The maximum atomic E-state index is 11.9. The summed E-state index contributed by atoms with van der Waals surface area (Å²) in [6.07, 6.45) is -3.54. The van der Waals surface area contributed by atoms with Gasteiger partial charge in [-0.2, -0.15) is 10.1 Å². The van der Waals surface area contributed by atoms with Crippen LogP contribution in [0.3, 0.4) is 0 Å². The quantitative estimate of drug-likeness (QED) is 0.808. The van der Waals surface area contributed by atoms with E-state index in [4.69, 9.17) is 0 Å². The van der Waals surface area contributed by atoms with Crippen molar-refractivity contribution in [3.05, 3.63) is 30.6 Å². The number of hydrogen-bond donors (Lipinski definition) is 3. The lowest BCUT2D eigenvalue weighted by atomic mass is 10.3. The van der Waals surface area contributed by atoms with Crippen molar-refractivity contribution in [2.45, 2.75) is 6.36 Å². The number of aromatic amines is 1. The molecule has 7 nitrogen and oxygen atoms in total. The fourth-order valence-corrected chi connectivity index (χ4v) is 1.28. The maximum Gasteiger partial charge on any atom is 0.573 e. The van der Waals surface area contributed by atoms with E-state index >= 15 is 0 Å². The number of halogens is 3. The fourth-order valence-electron chi connectivity index (χ4n) is 1.28. The summed E-state index contributed by atoms with van der Waals surface area (Å²) in [5.41, 5.74) is 0.288. The lowest BCUT2D eigenvalue weighted by Crippen LogP contribution is -2.20. The Balaban J connectivity index is 1.92. The third-order valence-electron chi connectivity index (χ3n) is 1.99. The zero-order chi connectivity index (χ0) is 14.6. The highest BCUT2D eigenvalue weighted by Gasteiger charge is 2.30. The van der Waals surface area contributed by atoms with Crippen LogP contribution in [0.4, 0.5) is 29.6 Å². The highest BCUT2D eigenvalue weighted by atomic mass is 19.4. The monoisotopic (exact) mass is 287 g/mol. The second-order valence-corrected chi connectivity index (χ2v) is 3.49. The summed E-state index contributed by atoms with van der Waals surface area (Å²) in [4.78, 5) is 15.1. The minimum Gasteiger partial charge on any atom is -0.406 e. The number of alkyl halides is 3. The first kappa shape index (κ1) is 13.6. The number of amides is 2. The summed E-state index contributed by atoms with van der Waals surface area (Å²) < 4.78 is 39.5. The minimum atomic E-state index is -4.75. The molecule has 1 heterocycles. The van der Waals surface area contributed by atoms with Gasteiger partial charge in [-0.3, -0.25) is 5.32 Å². The molecule has 0 saturated carbocycles. The molecule has 0 aliphatic carbocycles. The Morgan fingerprint density at radius 2 is 1.90 bits per heavy atom. The Morgan fingerprint density at radius 3 is 2.45 bits per heavy atom. The molecule has 106 valence electrons. The lowest BCUT2D eigenvalue weighted by Gasteiger charge is -2.09. The molecule has 10 heteroatoms. The Hall–Kier alpha value is -2.78. The molecule has 0 spiro atoms. The van der Waals surface area contributed by atoms with Crippen LogP contribution in [0, 0.1) is 0 Å². The third kappa shape index (κ3) is 4.15. The molecule has 20 heavy (non-hydrogen) atoms. The van der Waals surface area contributed by atoms with Crippen LogP contribution < -0.4 is 15.4 Å². The second kappa shape index (κ2) is 5.47. The predicted molar refractivity (Wildman–Crippen MR) is 62.1 cm³/mol. The van der Waals surface area contributed by atoms with Crippen molar-refractivity contribution >= 4 is 17.7 Å². The van der Waals surface area contributed by atoms with Gasteiger partial charge in [-0.05, 0) is 24.3 Å². The Labute approximate surface area is 110 Å². The number of nitrogens with one attached hydrogen (secondary N) is 3. The van der Waals surface area contributed by atoms with Crippen molar-refractivity contribution in [3.63, 3.8) is 0 Å². The average Bonchev–Trinajstić information content (AvgIpc) is 2.82. The average molecular weight is 287 g/mol. The van der Waals surface area contributed by atoms with Gasteiger partial charge >= 0.3 is 12.4 Å². The van der Waals surface area contributed by atoms with Gasteiger partial charge in [0.2, 0.25) is 5.95 Å². The van der Waals surface area contributed by atoms with E-state index in [1.807, 2.05) is 0 Å². The molecular weight excluding hydrogens is 279 g/mol. The molecule has 1 aromatic carbocycles. The van der Waals surface area contributed by atoms with Gasteiger partial charge in [-0.25, -0.2) is 9.89 Å². The normalized spacial score (nSPS) is 10.9. The van der Waals surface area contributed by atoms with Gasteiger partial charge in [0.05, 0.1) is 0 Å². The van der Waals surface area contributed by atoms with Crippen LogP contribution in [-0.4, -0.2) is 27.6 Å². The van der Waals surface area contributed by atoms with Gasteiger partial charge in [0, 0.05) is 5.69 Å². The third-order valence-corrected chi connectivity index (χ3v) is 1.99. The highest BCUT2D eigenvalue weighted by Crippen LogP contribution is 2.23. The number of carbonyl (C=O) groups is 1. The molecule has 0 aliphatic heterocycles. The molecule has 0 unspecified atom stereocenters. The molecule has 0 aliphatic rings.